The minimum atomic E-state index is -2.12. The molecule has 0 aliphatic heterocycles. The third-order valence-electron chi connectivity index (χ3n) is 20.9. The second-order valence-electron chi connectivity index (χ2n) is 34.2. The summed E-state index contributed by atoms with van der Waals surface area (Å²) in [4.78, 5) is 93.7. The third-order valence-corrected chi connectivity index (χ3v) is 20.9. The average Bonchev–Trinajstić information content (AvgIpc) is 0.869. The van der Waals surface area contributed by atoms with Crippen molar-refractivity contribution in [1.82, 2.24) is 51.9 Å². The summed E-state index contributed by atoms with van der Waals surface area (Å²) in [5.41, 5.74) is 6.01. The van der Waals surface area contributed by atoms with Crippen molar-refractivity contribution in [2.24, 2.45) is 5.73 Å². The molecule has 0 saturated carbocycles. The van der Waals surface area contributed by atoms with Crippen molar-refractivity contribution in [1.29, 1.82) is 0 Å². The van der Waals surface area contributed by atoms with Crippen LogP contribution in [0.1, 0.15) is 12.8 Å². The smallest absolute Gasteiger partial charge is 0.407 e. The summed E-state index contributed by atoms with van der Waals surface area (Å²) in [5.74, 6) is -4.16. The van der Waals surface area contributed by atoms with E-state index in [0.717, 1.165) is 14.7 Å². The van der Waals surface area contributed by atoms with Gasteiger partial charge in [0.2, 0.25) is 23.6 Å². The lowest BCUT2D eigenvalue weighted by Gasteiger charge is -2.34. The lowest BCUT2D eigenvalue weighted by Crippen LogP contribution is -2.54. The molecule has 864 valence electrons. The van der Waals surface area contributed by atoms with Crippen LogP contribution < -0.4 is 43.0 Å². The van der Waals surface area contributed by atoms with Gasteiger partial charge in [0.25, 0.3) is 0 Å². The van der Waals surface area contributed by atoms with Crippen molar-refractivity contribution in [3.8, 4) is 0 Å². The highest BCUT2D eigenvalue weighted by Crippen LogP contribution is 2.18. The van der Waals surface area contributed by atoms with Gasteiger partial charge in [-0.1, -0.05) is 0 Å². The molecule has 66 heteroatoms. The molecule has 66 nitrogen and oxygen atoms in total. The Bertz CT molecular complexity index is 3310. The van der Waals surface area contributed by atoms with Crippen LogP contribution in [0, 0.1) is 0 Å². The number of amides is 7. The summed E-state index contributed by atoms with van der Waals surface area (Å²) in [6.45, 7) is -23.1. The van der Waals surface area contributed by atoms with Crippen molar-refractivity contribution >= 4 is 41.9 Å². The Morgan fingerprint density at radius 1 is 0.212 bits per heavy atom. The van der Waals surface area contributed by atoms with Crippen molar-refractivity contribution in [3.05, 3.63) is 0 Å². The van der Waals surface area contributed by atoms with Gasteiger partial charge in [-0.2, -0.15) is 0 Å². The monoisotopic (exact) mass is 2150 g/mol. The van der Waals surface area contributed by atoms with Gasteiger partial charge >= 0.3 is 18.3 Å². The molecule has 0 aliphatic rings. The molecule has 0 fully saturated rings. The Morgan fingerprint density at radius 3 is 0.603 bits per heavy atom. The van der Waals surface area contributed by atoms with Crippen LogP contribution in [-0.2, 0) is 61.8 Å². The van der Waals surface area contributed by atoms with Gasteiger partial charge < -0.3 is 285 Å². The predicted octanol–water partition coefficient (Wildman–Crippen LogP) is -29.0. The second-order valence-corrected chi connectivity index (χ2v) is 34.2. The van der Waals surface area contributed by atoms with Crippen molar-refractivity contribution in [2.45, 2.75) is 226 Å². The van der Waals surface area contributed by atoms with E-state index >= 15 is 0 Å². The first-order valence-corrected chi connectivity index (χ1v) is 46.0. The SMILES string of the molecule is N[C@H](CC(=O)NCCNC(=O)OCC(O)COCC(O)COCC(O)CN(C[C@H](O)[C@@H](O)[C@H](O)[C@H](O)CO)C[C@H](O)[C@@H](O)[C@H](O)[C@H](O)CO)C(=O)N[C@@H](CC(=O)NCCNC(=O)OCC(O)COCC(O)COCC(O)CN(C[C@H](O)[C@@H](O)[C@H](O)[C@H](O)CO)C[C@H](O)[C@@H](O)[C@H](O)[C@H](O)CO)C(=O)NCCNC(=O)OCC(O)COCC(O)COCC(O)CN(C[C@H](O)[C@@H](O)[C@H](O)[C@H](O)CO)C[C@H](O)[C@@H](O)[C@H](O)[C@H](O)CO. The fourth-order valence-corrected chi connectivity index (χ4v) is 12.7. The first-order valence-electron chi connectivity index (χ1n) is 46.0. The number of alkyl carbamates (subject to hydrolysis) is 3. The summed E-state index contributed by atoms with van der Waals surface area (Å²) in [6, 6.07) is -3.55. The molecule has 7 amide bonds. The van der Waals surface area contributed by atoms with Crippen LogP contribution in [0.5, 0.6) is 0 Å². The number of hydrogen-bond acceptors (Lipinski definition) is 59. The molecule has 9 unspecified atom stereocenters. The van der Waals surface area contributed by atoms with E-state index in [1.54, 1.807) is 0 Å². The van der Waals surface area contributed by atoms with Gasteiger partial charge in [0.15, 0.2) is 0 Å². The number of hydrogen-bond donors (Lipinski definition) is 47. The van der Waals surface area contributed by atoms with Gasteiger partial charge in [0.1, 0.15) is 172 Å². The zero-order valence-corrected chi connectivity index (χ0v) is 80.0. The maximum Gasteiger partial charge on any atom is 0.407 e. The molecule has 0 aromatic rings. The third kappa shape index (κ3) is 60.8. The first-order chi connectivity index (χ1) is 68.6. The Morgan fingerprint density at radius 2 is 0.390 bits per heavy atom. The molecule has 0 aliphatic carbocycles. The normalized spacial score (nSPS) is 19.4. The summed E-state index contributed by atoms with van der Waals surface area (Å²) >= 11 is 0. The van der Waals surface area contributed by atoms with E-state index in [0.29, 0.717) is 0 Å². The highest BCUT2D eigenvalue weighted by Gasteiger charge is 2.41. The minimum Gasteiger partial charge on any atom is -0.447 e. The number of nitrogens with one attached hydrogen (secondary N) is 7. The van der Waals surface area contributed by atoms with Crippen LogP contribution in [0.4, 0.5) is 14.4 Å². The molecule has 35 atom stereocenters. The largest absolute Gasteiger partial charge is 0.447 e. The molecule has 0 radical (unpaired) electrons. The highest BCUT2D eigenvalue weighted by molar-refractivity contribution is 5.94. The second kappa shape index (κ2) is 78.8. The van der Waals surface area contributed by atoms with Crippen LogP contribution in [0.2, 0.25) is 0 Å². The molecule has 48 N–H and O–H groups in total. The number of ether oxygens (including phenoxy) is 9. The quantitative estimate of drug-likeness (QED) is 0.0199. The number of aliphatic hydroxyl groups excluding tert-OH is 39. The maximum atomic E-state index is 13.6. The number of carbonyl (C=O) groups excluding carboxylic acids is 7. The van der Waals surface area contributed by atoms with Gasteiger partial charge in [-0.25, -0.2) is 14.4 Å². The maximum absolute atomic E-state index is 13.6. The zero-order valence-electron chi connectivity index (χ0n) is 80.0. The van der Waals surface area contributed by atoms with E-state index in [1.807, 2.05) is 0 Å². The number of rotatable bonds is 88. The van der Waals surface area contributed by atoms with Crippen LogP contribution in [0.15, 0.2) is 0 Å². The van der Waals surface area contributed by atoms with Gasteiger partial charge in [0, 0.05) is 98.2 Å². The summed E-state index contributed by atoms with van der Waals surface area (Å²) < 4.78 is 46.3. The standard InChI is InChI=1S/C80H159N11O55/c81-48(7-62(119)82-1-4-85-78(135)144-36-45(104)33-141-30-42(101)27-138-24-39(98)9-89(12-50(107)64(121)70(127)56(113)18-92)13-51(108)65(122)71(128)57(114)19-93)76(133)88-49(77(134)84-3-6-87-80(137)146-38-47(106)35-143-32-44(103)29-140-26-41(100)11-91(16-54(111)68(125)74(131)60(117)22-96)17-55(112)69(126)75(132)61(118)23-97)8-63(120)83-2-5-86-79(136)145-37-46(105)34-142-31-43(102)28-139-25-40(99)10-90(14-52(109)66(123)72(129)58(115)20-94)15-53(110)67(124)73(130)59(116)21-95/h39-61,64-75,92-118,121-132H,1-38,81H2,(H,82,119)(H,83,120)(H,84,134)(H,85,135)(H,86,136)(H,87,137)(H,88,133)/t39?,40?,41?,42?,43?,44?,45?,46?,47?,48-,49+,50+,51+,52+,53+,54+,55+,56-,57-,58-,59-,60-,61-,64-,65-,66-,67-,68-,69-,70-,71-,72-,73-,74-,75-/m1/s1. The highest BCUT2D eigenvalue weighted by atomic mass is 16.6. The molecule has 0 saturated heterocycles. The van der Waals surface area contributed by atoms with E-state index in [4.69, 9.17) is 79.0 Å². The van der Waals surface area contributed by atoms with E-state index in [2.05, 4.69) is 37.2 Å². The molecule has 0 heterocycles. The lowest BCUT2D eigenvalue weighted by atomic mass is 10.0. The number of aliphatic hydroxyl groups is 39. The van der Waals surface area contributed by atoms with E-state index in [9.17, 15) is 202 Å². The fraction of sp³-hybridized carbons (Fsp3) is 0.912. The molecule has 0 spiro atoms. The molecule has 0 aromatic heterocycles. The topological polar surface area (TPSA) is 1110 Å². The van der Waals surface area contributed by atoms with Crippen LogP contribution in [-0.4, -0.2) is 706 Å². The number of nitrogens with two attached hydrogens (primary N) is 1. The molecule has 0 aromatic carbocycles. The van der Waals surface area contributed by atoms with Gasteiger partial charge in [-0.05, 0) is 0 Å². The minimum absolute atomic E-state index is 0.328. The molecule has 0 rings (SSSR count). The van der Waals surface area contributed by atoms with E-state index in [1.165, 1.54) is 0 Å². The van der Waals surface area contributed by atoms with E-state index in [-0.39, 0.29) is 26.2 Å². The van der Waals surface area contributed by atoms with Crippen LogP contribution in [0.3, 0.4) is 0 Å². The Labute approximate surface area is 835 Å². The van der Waals surface area contributed by atoms with Gasteiger partial charge in [-0.15, -0.1) is 0 Å². The van der Waals surface area contributed by atoms with Crippen molar-refractivity contribution in [2.75, 3.05) is 237 Å². The summed E-state index contributed by atoms with van der Waals surface area (Å²) in [7, 11) is 0. The number of nitrogens with zero attached hydrogens (tertiary/aromatic N) is 3. The molecule has 146 heavy (non-hydrogen) atoms. The van der Waals surface area contributed by atoms with E-state index < -0.39 is 479 Å². The fourth-order valence-electron chi connectivity index (χ4n) is 12.7. The zero-order chi connectivity index (χ0) is 111. The van der Waals surface area contributed by atoms with Crippen LogP contribution >= 0.6 is 0 Å². The molecular weight excluding hydrogens is 1990 g/mol. The summed E-state index contributed by atoms with van der Waals surface area (Å²) in [6.07, 6.45) is -66.9. The number of carbonyl (C=O) groups is 7. The Hall–Kier alpha value is -6.27. The van der Waals surface area contributed by atoms with Gasteiger partial charge in [0.05, 0.1) is 193 Å². The molecule has 0 bridgehead atoms. The molecular formula is C80H159N11O55. The van der Waals surface area contributed by atoms with Crippen molar-refractivity contribution in [3.63, 3.8) is 0 Å². The summed E-state index contributed by atoms with van der Waals surface area (Å²) in [5, 5.41) is 409. The Kier molecular flexibility index (Phi) is 75.4. The average molecular weight is 2160 g/mol. The van der Waals surface area contributed by atoms with Gasteiger partial charge in [-0.3, -0.25) is 33.9 Å². The predicted molar refractivity (Wildman–Crippen MR) is 481 cm³/mol. The lowest BCUT2D eigenvalue weighted by molar-refractivity contribution is -0.133. The Balaban J connectivity index is 5.79. The first kappa shape index (κ1) is 140. The van der Waals surface area contributed by atoms with Crippen LogP contribution in [0.25, 0.3) is 0 Å². The van der Waals surface area contributed by atoms with Crippen molar-refractivity contribution < 1.29 is 275 Å².